The van der Waals surface area contributed by atoms with Crippen molar-refractivity contribution in [2.75, 3.05) is 6.61 Å². The minimum atomic E-state index is -0.446. The number of ether oxygens (including phenoxy) is 2. The summed E-state index contributed by atoms with van der Waals surface area (Å²) in [6, 6.07) is 14.3. The Balaban J connectivity index is 1.76. The molecule has 2 rings (SSSR count). The van der Waals surface area contributed by atoms with E-state index in [9.17, 15) is 9.59 Å². The number of hydrogen-bond acceptors (Lipinski definition) is 4. The molecular weight excluding hydrogens is 356 g/mol. The smallest absolute Gasteiger partial charge is 0.276 e. The average molecular weight is 384 g/mol. The first-order valence-corrected chi connectivity index (χ1v) is 9.47. The predicted molar refractivity (Wildman–Crippen MR) is 108 cm³/mol. The maximum atomic E-state index is 12.1. The van der Waals surface area contributed by atoms with Crippen LogP contribution in [-0.4, -0.2) is 24.5 Å². The summed E-state index contributed by atoms with van der Waals surface area (Å²) in [7, 11) is 0. The number of nitrogens with one attached hydrogen (secondary N) is 2. The summed E-state index contributed by atoms with van der Waals surface area (Å²) in [6.45, 7) is 8.05. The van der Waals surface area contributed by atoms with Crippen molar-refractivity contribution in [2.45, 2.75) is 46.1 Å². The van der Waals surface area contributed by atoms with Crippen molar-refractivity contribution in [2.24, 2.45) is 0 Å². The Morgan fingerprint density at radius 1 is 0.893 bits per heavy atom. The van der Waals surface area contributed by atoms with Crippen molar-refractivity contribution < 1.29 is 19.1 Å². The fourth-order valence-electron chi connectivity index (χ4n) is 2.33. The van der Waals surface area contributed by atoms with Crippen LogP contribution in [0.1, 0.15) is 56.0 Å². The second-order valence-corrected chi connectivity index (χ2v) is 6.88. The van der Waals surface area contributed by atoms with E-state index in [2.05, 4.69) is 24.7 Å². The number of benzene rings is 2. The Labute approximate surface area is 166 Å². The minimum absolute atomic E-state index is 0.112. The van der Waals surface area contributed by atoms with Gasteiger partial charge < -0.3 is 9.47 Å². The SMILES string of the molecule is CCC(C)Oc1ccc(C(=O)NNC(=O)COc2ccc(C(C)C)cc2)cc1. The second-order valence-electron chi connectivity index (χ2n) is 6.88. The maximum Gasteiger partial charge on any atom is 0.276 e. The van der Waals surface area contributed by atoms with E-state index >= 15 is 0 Å². The zero-order valence-corrected chi connectivity index (χ0v) is 16.8. The highest BCUT2D eigenvalue weighted by Gasteiger charge is 2.09. The van der Waals surface area contributed by atoms with Gasteiger partial charge in [-0.05, 0) is 61.2 Å². The molecule has 0 aliphatic carbocycles. The zero-order valence-electron chi connectivity index (χ0n) is 16.8. The van der Waals surface area contributed by atoms with Gasteiger partial charge in [-0.15, -0.1) is 0 Å². The summed E-state index contributed by atoms with van der Waals surface area (Å²) < 4.78 is 11.1. The molecule has 0 aliphatic heterocycles. The Hall–Kier alpha value is -3.02. The van der Waals surface area contributed by atoms with Crippen LogP contribution in [0.15, 0.2) is 48.5 Å². The molecule has 0 saturated heterocycles. The quantitative estimate of drug-likeness (QED) is 0.678. The molecular formula is C22H28N2O4. The van der Waals surface area contributed by atoms with Crippen LogP contribution >= 0.6 is 0 Å². The molecule has 6 heteroatoms. The summed E-state index contributed by atoms with van der Waals surface area (Å²) in [5.74, 6) is 0.876. The van der Waals surface area contributed by atoms with Gasteiger partial charge in [-0.25, -0.2) is 0 Å². The van der Waals surface area contributed by atoms with Crippen LogP contribution < -0.4 is 20.3 Å². The van der Waals surface area contributed by atoms with Crippen LogP contribution in [0.5, 0.6) is 11.5 Å². The summed E-state index contributed by atoms with van der Waals surface area (Å²) in [5.41, 5.74) is 6.33. The lowest BCUT2D eigenvalue weighted by Gasteiger charge is -2.13. The molecule has 1 atom stereocenters. The monoisotopic (exact) mass is 384 g/mol. The van der Waals surface area contributed by atoms with E-state index < -0.39 is 11.8 Å². The molecule has 0 aliphatic rings. The highest BCUT2D eigenvalue weighted by molar-refractivity contribution is 5.95. The van der Waals surface area contributed by atoms with Crippen molar-refractivity contribution in [3.63, 3.8) is 0 Å². The molecule has 0 aromatic heterocycles. The van der Waals surface area contributed by atoms with Crippen molar-refractivity contribution in [1.82, 2.24) is 10.9 Å². The molecule has 2 N–H and O–H groups in total. The Kier molecular flexibility index (Phi) is 7.87. The van der Waals surface area contributed by atoms with Crippen molar-refractivity contribution in [1.29, 1.82) is 0 Å². The van der Waals surface area contributed by atoms with Gasteiger partial charge in [0.25, 0.3) is 11.8 Å². The van der Waals surface area contributed by atoms with Gasteiger partial charge in [0.1, 0.15) is 11.5 Å². The van der Waals surface area contributed by atoms with E-state index in [1.807, 2.05) is 38.1 Å². The van der Waals surface area contributed by atoms with Gasteiger partial charge in [0.05, 0.1) is 6.10 Å². The fraction of sp³-hybridized carbons (Fsp3) is 0.364. The molecule has 0 saturated carbocycles. The third-order valence-corrected chi connectivity index (χ3v) is 4.26. The van der Waals surface area contributed by atoms with Crippen LogP contribution in [-0.2, 0) is 4.79 Å². The normalized spacial score (nSPS) is 11.6. The standard InChI is InChI=1S/C22H28N2O4/c1-5-16(4)28-20-12-8-18(9-13-20)22(26)24-23-21(25)14-27-19-10-6-17(7-11-19)15(2)3/h6-13,15-16H,5,14H2,1-4H3,(H,23,25)(H,24,26). The number of carbonyl (C=O) groups is 2. The summed E-state index contributed by atoms with van der Waals surface area (Å²) in [4.78, 5) is 24.0. The van der Waals surface area contributed by atoms with Crippen LogP contribution in [0.25, 0.3) is 0 Å². The second kappa shape index (κ2) is 10.3. The van der Waals surface area contributed by atoms with Crippen LogP contribution in [0.4, 0.5) is 0 Å². The highest BCUT2D eigenvalue weighted by atomic mass is 16.5. The van der Waals surface area contributed by atoms with E-state index in [4.69, 9.17) is 9.47 Å². The van der Waals surface area contributed by atoms with E-state index in [1.54, 1.807) is 24.3 Å². The molecule has 2 aromatic carbocycles. The van der Waals surface area contributed by atoms with Gasteiger partial charge in [0.2, 0.25) is 0 Å². The molecule has 28 heavy (non-hydrogen) atoms. The summed E-state index contributed by atoms with van der Waals surface area (Å²) in [5, 5.41) is 0. The zero-order chi connectivity index (χ0) is 20.5. The van der Waals surface area contributed by atoms with Crippen LogP contribution in [0, 0.1) is 0 Å². The van der Waals surface area contributed by atoms with Gasteiger partial charge in [-0.1, -0.05) is 32.9 Å². The van der Waals surface area contributed by atoms with E-state index in [0.29, 0.717) is 23.0 Å². The van der Waals surface area contributed by atoms with E-state index in [1.165, 1.54) is 5.56 Å². The lowest BCUT2D eigenvalue weighted by atomic mass is 10.0. The van der Waals surface area contributed by atoms with Crippen LogP contribution in [0.3, 0.4) is 0 Å². The lowest BCUT2D eigenvalue weighted by Crippen LogP contribution is -2.43. The van der Waals surface area contributed by atoms with E-state index in [0.717, 1.165) is 6.42 Å². The number of carbonyl (C=O) groups excluding carboxylic acids is 2. The van der Waals surface area contributed by atoms with Gasteiger partial charge in [-0.3, -0.25) is 20.4 Å². The van der Waals surface area contributed by atoms with E-state index in [-0.39, 0.29) is 12.7 Å². The first-order chi connectivity index (χ1) is 13.4. The summed E-state index contributed by atoms with van der Waals surface area (Å²) in [6.07, 6.45) is 1.01. The first-order valence-electron chi connectivity index (χ1n) is 9.47. The molecule has 0 spiro atoms. The number of hydrogen-bond donors (Lipinski definition) is 2. The average Bonchev–Trinajstić information content (AvgIpc) is 2.71. The van der Waals surface area contributed by atoms with Crippen molar-refractivity contribution in [3.05, 3.63) is 59.7 Å². The fourth-order valence-corrected chi connectivity index (χ4v) is 2.33. The van der Waals surface area contributed by atoms with Gasteiger partial charge >= 0.3 is 0 Å². The molecule has 0 heterocycles. The van der Waals surface area contributed by atoms with Crippen molar-refractivity contribution in [3.8, 4) is 11.5 Å². The molecule has 1 unspecified atom stereocenters. The maximum absolute atomic E-state index is 12.1. The predicted octanol–water partition coefficient (Wildman–Crippen LogP) is 3.83. The highest BCUT2D eigenvalue weighted by Crippen LogP contribution is 2.18. The molecule has 2 amide bonds. The third-order valence-electron chi connectivity index (χ3n) is 4.26. The number of amides is 2. The van der Waals surface area contributed by atoms with Gasteiger partial charge in [0.15, 0.2) is 6.61 Å². The molecule has 0 bridgehead atoms. The molecule has 0 radical (unpaired) electrons. The Bertz CT molecular complexity index is 770. The first kappa shape index (κ1) is 21.3. The number of rotatable bonds is 8. The molecule has 2 aromatic rings. The molecule has 0 fully saturated rings. The Morgan fingerprint density at radius 2 is 1.50 bits per heavy atom. The van der Waals surface area contributed by atoms with Crippen LogP contribution in [0.2, 0.25) is 0 Å². The summed E-state index contributed by atoms with van der Waals surface area (Å²) >= 11 is 0. The third kappa shape index (κ3) is 6.61. The van der Waals surface area contributed by atoms with Crippen molar-refractivity contribution >= 4 is 11.8 Å². The van der Waals surface area contributed by atoms with Gasteiger partial charge in [-0.2, -0.15) is 0 Å². The topological polar surface area (TPSA) is 76.7 Å². The Morgan fingerprint density at radius 3 is 2.07 bits per heavy atom. The molecule has 6 nitrogen and oxygen atoms in total. The largest absolute Gasteiger partial charge is 0.491 e. The lowest BCUT2D eigenvalue weighted by molar-refractivity contribution is -0.123. The number of hydrazine groups is 1. The molecule has 150 valence electrons. The van der Waals surface area contributed by atoms with Gasteiger partial charge in [0, 0.05) is 5.56 Å². The minimum Gasteiger partial charge on any atom is -0.491 e.